The van der Waals surface area contributed by atoms with Gasteiger partial charge in [-0.05, 0) is 37.3 Å². The molecule has 4 heterocycles. The summed E-state index contributed by atoms with van der Waals surface area (Å²) in [6.07, 6.45) is 7.29. The molecule has 3 aromatic heterocycles. The van der Waals surface area contributed by atoms with Crippen molar-refractivity contribution in [2.75, 3.05) is 18.0 Å². The lowest BCUT2D eigenvalue weighted by molar-refractivity contribution is 0.0856. The Morgan fingerprint density at radius 1 is 1.19 bits per heavy atom. The van der Waals surface area contributed by atoms with Crippen molar-refractivity contribution in [1.82, 2.24) is 24.9 Å². The molecule has 0 radical (unpaired) electrons. The Kier molecular flexibility index (Phi) is 5.11. The van der Waals surface area contributed by atoms with Crippen molar-refractivity contribution >= 4 is 5.82 Å². The van der Waals surface area contributed by atoms with Gasteiger partial charge in [-0.3, -0.25) is 4.98 Å². The van der Waals surface area contributed by atoms with Crippen LogP contribution in [0.15, 0.2) is 42.9 Å². The Hall–Kier alpha value is -2.80. The second kappa shape index (κ2) is 7.84. The predicted octanol–water partition coefficient (Wildman–Crippen LogP) is 2.77. The molecule has 27 heavy (non-hydrogen) atoms. The van der Waals surface area contributed by atoms with E-state index in [1.165, 1.54) is 0 Å². The highest BCUT2D eigenvalue weighted by molar-refractivity contribution is 5.53. The minimum atomic E-state index is -0.539. The molecule has 1 unspecified atom stereocenters. The Morgan fingerprint density at radius 3 is 2.70 bits per heavy atom. The van der Waals surface area contributed by atoms with E-state index < -0.39 is 6.10 Å². The number of aliphatic hydroxyl groups is 1. The molecule has 3 aromatic rings. The number of hydrogen-bond acceptors (Lipinski definition) is 6. The molecule has 7 nitrogen and oxygen atoms in total. The number of nitrogens with zero attached hydrogens (tertiary/aromatic N) is 5. The number of aromatic amines is 1. The van der Waals surface area contributed by atoms with E-state index in [9.17, 15) is 5.11 Å². The van der Waals surface area contributed by atoms with Crippen molar-refractivity contribution in [3.63, 3.8) is 0 Å². The summed E-state index contributed by atoms with van der Waals surface area (Å²) in [5.74, 6) is 2.47. The number of nitrogens with one attached hydrogen (secondary N) is 1. The minimum Gasteiger partial charge on any atom is -0.385 e. The molecule has 7 heteroatoms. The Bertz CT molecular complexity index is 859. The zero-order valence-corrected chi connectivity index (χ0v) is 15.4. The van der Waals surface area contributed by atoms with Crippen LogP contribution in [0.25, 0.3) is 11.5 Å². The fourth-order valence-electron chi connectivity index (χ4n) is 3.54. The lowest BCUT2D eigenvalue weighted by Crippen LogP contribution is -2.36. The van der Waals surface area contributed by atoms with Crippen LogP contribution < -0.4 is 4.90 Å². The predicted molar refractivity (Wildman–Crippen MR) is 103 cm³/mol. The van der Waals surface area contributed by atoms with Crippen LogP contribution in [0.5, 0.6) is 0 Å². The van der Waals surface area contributed by atoms with E-state index in [2.05, 4.69) is 37.8 Å². The standard InChI is InChI=1S/C20H24N6O/c1-2-15-13-17(25-19(24-15)16-5-3-4-8-21-16)26-11-6-14(7-12-26)18(27)20-22-9-10-23-20/h3-5,8-10,13-14,18,27H,2,6-7,11-12H2,1H3,(H,22,23). The normalized spacial score (nSPS) is 16.4. The first-order valence-corrected chi connectivity index (χ1v) is 9.46. The smallest absolute Gasteiger partial charge is 0.180 e. The van der Waals surface area contributed by atoms with Crippen molar-refractivity contribution in [2.24, 2.45) is 5.92 Å². The van der Waals surface area contributed by atoms with Crippen LogP contribution in [0.4, 0.5) is 5.82 Å². The van der Waals surface area contributed by atoms with E-state index in [1.807, 2.05) is 18.2 Å². The molecule has 0 bridgehead atoms. The van der Waals surface area contributed by atoms with E-state index >= 15 is 0 Å². The first-order chi connectivity index (χ1) is 13.2. The zero-order chi connectivity index (χ0) is 18.6. The van der Waals surface area contributed by atoms with E-state index in [4.69, 9.17) is 4.98 Å². The number of pyridine rings is 1. The average molecular weight is 364 g/mol. The summed E-state index contributed by atoms with van der Waals surface area (Å²) in [7, 11) is 0. The Balaban J connectivity index is 1.51. The molecular weight excluding hydrogens is 340 g/mol. The average Bonchev–Trinajstić information content (AvgIpc) is 3.28. The number of aryl methyl sites for hydroxylation is 1. The largest absolute Gasteiger partial charge is 0.385 e. The monoisotopic (exact) mass is 364 g/mol. The number of hydrogen-bond donors (Lipinski definition) is 2. The summed E-state index contributed by atoms with van der Waals surface area (Å²) < 4.78 is 0. The van der Waals surface area contributed by atoms with Crippen LogP contribution in [0.3, 0.4) is 0 Å². The highest BCUT2D eigenvalue weighted by atomic mass is 16.3. The quantitative estimate of drug-likeness (QED) is 0.723. The molecule has 2 N–H and O–H groups in total. The molecule has 0 spiro atoms. The highest BCUT2D eigenvalue weighted by Crippen LogP contribution is 2.31. The summed E-state index contributed by atoms with van der Waals surface area (Å²) in [4.78, 5) is 23.3. The minimum absolute atomic E-state index is 0.204. The second-order valence-corrected chi connectivity index (χ2v) is 6.85. The number of anilines is 1. The molecule has 1 aliphatic heterocycles. The van der Waals surface area contributed by atoms with Crippen molar-refractivity contribution in [2.45, 2.75) is 32.3 Å². The van der Waals surface area contributed by atoms with Gasteiger partial charge < -0.3 is 15.0 Å². The summed E-state index contributed by atoms with van der Waals surface area (Å²) in [5.41, 5.74) is 1.80. The molecule has 140 valence electrons. The van der Waals surface area contributed by atoms with Crippen LogP contribution in [-0.2, 0) is 6.42 Å². The van der Waals surface area contributed by atoms with Crippen LogP contribution in [0.2, 0.25) is 0 Å². The van der Waals surface area contributed by atoms with Gasteiger partial charge in [0.1, 0.15) is 23.4 Å². The lowest BCUT2D eigenvalue weighted by Gasteiger charge is -2.34. The number of H-pyrrole nitrogens is 1. The Labute approximate surface area is 158 Å². The van der Waals surface area contributed by atoms with Gasteiger partial charge in [0.2, 0.25) is 0 Å². The van der Waals surface area contributed by atoms with Gasteiger partial charge in [-0.25, -0.2) is 15.0 Å². The second-order valence-electron chi connectivity index (χ2n) is 6.85. The van der Waals surface area contributed by atoms with Gasteiger partial charge in [0.25, 0.3) is 0 Å². The first kappa shape index (κ1) is 17.6. The molecular formula is C20H24N6O. The molecule has 4 rings (SSSR count). The van der Waals surface area contributed by atoms with Crippen LogP contribution >= 0.6 is 0 Å². The SMILES string of the molecule is CCc1cc(N2CCC(C(O)c3ncc[nH]3)CC2)nc(-c2ccccn2)n1. The third-order valence-electron chi connectivity index (χ3n) is 5.13. The van der Waals surface area contributed by atoms with Gasteiger partial charge in [0.05, 0.1) is 0 Å². The van der Waals surface area contributed by atoms with Gasteiger partial charge in [-0.15, -0.1) is 0 Å². The van der Waals surface area contributed by atoms with Crippen LogP contribution in [0, 0.1) is 5.92 Å². The zero-order valence-electron chi connectivity index (χ0n) is 15.4. The Morgan fingerprint density at radius 2 is 2.04 bits per heavy atom. The van der Waals surface area contributed by atoms with Gasteiger partial charge in [-0.2, -0.15) is 0 Å². The van der Waals surface area contributed by atoms with E-state index in [-0.39, 0.29) is 5.92 Å². The lowest BCUT2D eigenvalue weighted by atomic mass is 9.91. The van der Waals surface area contributed by atoms with Gasteiger partial charge >= 0.3 is 0 Å². The molecule has 0 aromatic carbocycles. The maximum atomic E-state index is 10.5. The number of aliphatic hydroxyl groups excluding tert-OH is 1. The fourth-order valence-corrected chi connectivity index (χ4v) is 3.54. The van der Waals surface area contributed by atoms with E-state index in [0.29, 0.717) is 11.6 Å². The highest BCUT2D eigenvalue weighted by Gasteiger charge is 2.28. The number of rotatable bonds is 5. The van der Waals surface area contributed by atoms with Gasteiger partial charge in [0, 0.05) is 43.4 Å². The number of imidazole rings is 1. The fraction of sp³-hybridized carbons (Fsp3) is 0.400. The molecule has 0 amide bonds. The summed E-state index contributed by atoms with van der Waals surface area (Å²) in [6.45, 7) is 3.80. The van der Waals surface area contributed by atoms with Crippen LogP contribution in [-0.4, -0.2) is 43.1 Å². The van der Waals surface area contributed by atoms with E-state index in [1.54, 1.807) is 18.6 Å². The maximum Gasteiger partial charge on any atom is 0.180 e. The summed E-state index contributed by atoms with van der Waals surface area (Å²) >= 11 is 0. The molecule has 0 aliphatic carbocycles. The molecule has 1 fully saturated rings. The van der Waals surface area contributed by atoms with Gasteiger partial charge in [-0.1, -0.05) is 13.0 Å². The van der Waals surface area contributed by atoms with Crippen LogP contribution in [0.1, 0.15) is 37.4 Å². The molecule has 1 saturated heterocycles. The molecule has 1 atom stereocenters. The number of piperidine rings is 1. The summed E-state index contributed by atoms with van der Waals surface area (Å²) in [6, 6.07) is 7.84. The van der Waals surface area contributed by atoms with Crippen molar-refractivity contribution in [3.05, 3.63) is 54.4 Å². The third kappa shape index (κ3) is 3.83. The van der Waals surface area contributed by atoms with Crippen molar-refractivity contribution in [1.29, 1.82) is 0 Å². The molecule has 0 saturated carbocycles. The van der Waals surface area contributed by atoms with E-state index in [0.717, 1.165) is 49.6 Å². The van der Waals surface area contributed by atoms with Gasteiger partial charge in [0.15, 0.2) is 5.82 Å². The topological polar surface area (TPSA) is 90.8 Å². The van der Waals surface area contributed by atoms with Crippen molar-refractivity contribution in [3.8, 4) is 11.5 Å². The maximum absolute atomic E-state index is 10.5. The summed E-state index contributed by atoms with van der Waals surface area (Å²) in [5, 5.41) is 10.5. The number of aromatic nitrogens is 5. The van der Waals surface area contributed by atoms with Crippen molar-refractivity contribution < 1.29 is 5.11 Å². The molecule has 1 aliphatic rings. The third-order valence-corrected chi connectivity index (χ3v) is 5.13. The first-order valence-electron chi connectivity index (χ1n) is 9.46.